The molecule has 1 fully saturated rings. The smallest absolute Gasteiger partial charge is 0.304 e. The minimum Gasteiger partial charge on any atom is -0.352 e. The highest BCUT2D eigenvalue weighted by molar-refractivity contribution is 7.90. The van der Waals surface area contributed by atoms with Crippen molar-refractivity contribution in [3.8, 4) is 0 Å². The quantitative estimate of drug-likeness (QED) is 0.264. The number of rotatable bonds is 12. The lowest BCUT2D eigenvalue weighted by atomic mass is 9.94. The molecule has 2 amide bonds. The zero-order valence-corrected chi connectivity index (χ0v) is 27.1. The Bertz CT molecular complexity index is 1530. The zero-order valence-electron chi connectivity index (χ0n) is 24.8. The molecule has 1 saturated carbocycles. The van der Waals surface area contributed by atoms with E-state index in [9.17, 15) is 18.0 Å². The number of halogens is 3. The second-order valence-corrected chi connectivity index (χ2v) is 13.9. The van der Waals surface area contributed by atoms with E-state index in [2.05, 4.69) is 5.32 Å². The van der Waals surface area contributed by atoms with Crippen LogP contribution in [-0.4, -0.2) is 62.2 Å². The van der Waals surface area contributed by atoms with E-state index < -0.39 is 34.5 Å². The molecule has 0 aromatic heterocycles. The van der Waals surface area contributed by atoms with Crippen LogP contribution < -0.4 is 9.62 Å². The van der Waals surface area contributed by atoms with Crippen molar-refractivity contribution in [2.75, 3.05) is 24.9 Å². The van der Waals surface area contributed by atoms with Crippen LogP contribution in [0.3, 0.4) is 0 Å². The summed E-state index contributed by atoms with van der Waals surface area (Å²) in [4.78, 5) is 29.7. The Labute approximate surface area is 268 Å². The standard InChI is InChI=1S/C32H37Cl2FN4O4S/c1-37(2)44(42,43)39(29-19-10-9-18-28(29)35)22-31(40)38(21-25-26(33)16-11-17-27(25)34)30(20-23-12-5-3-6-13-23)32(41)36-24-14-7-4-8-15-24/h3,5-6,9-13,16-19,24,30H,4,7-8,14-15,20-22H2,1-2H3,(H,36,41)/t30-/m0/s1. The number of benzene rings is 3. The summed E-state index contributed by atoms with van der Waals surface area (Å²) in [5.41, 5.74) is 0.906. The van der Waals surface area contributed by atoms with E-state index in [0.29, 0.717) is 9.87 Å². The first-order valence-corrected chi connectivity index (χ1v) is 16.7. The Balaban J connectivity index is 1.80. The number of para-hydroxylation sites is 1. The topological polar surface area (TPSA) is 90.0 Å². The minimum absolute atomic E-state index is 0.0422. The summed E-state index contributed by atoms with van der Waals surface area (Å²) in [6.07, 6.45) is 4.89. The molecule has 0 saturated heterocycles. The lowest BCUT2D eigenvalue weighted by Crippen LogP contribution is -2.55. The molecule has 1 atom stereocenters. The van der Waals surface area contributed by atoms with Crippen LogP contribution in [0.1, 0.15) is 43.2 Å². The molecular weight excluding hydrogens is 626 g/mol. The predicted octanol–water partition coefficient (Wildman–Crippen LogP) is 5.83. The maximum absolute atomic E-state index is 15.0. The van der Waals surface area contributed by atoms with Gasteiger partial charge in [0.1, 0.15) is 18.4 Å². The third-order valence-corrected chi connectivity index (χ3v) is 10.3. The van der Waals surface area contributed by atoms with E-state index in [1.54, 1.807) is 18.2 Å². The third kappa shape index (κ3) is 8.29. The van der Waals surface area contributed by atoms with Gasteiger partial charge in [-0.1, -0.05) is 91.0 Å². The summed E-state index contributed by atoms with van der Waals surface area (Å²) in [5, 5.41) is 3.70. The number of nitrogens with one attached hydrogen (secondary N) is 1. The van der Waals surface area contributed by atoms with E-state index in [1.165, 1.54) is 37.2 Å². The largest absolute Gasteiger partial charge is 0.352 e. The lowest BCUT2D eigenvalue weighted by Gasteiger charge is -2.35. The second kappa shape index (κ2) is 15.2. The molecule has 3 aromatic carbocycles. The van der Waals surface area contributed by atoms with Gasteiger partial charge in [0, 0.05) is 48.7 Å². The number of anilines is 1. The number of amides is 2. The van der Waals surface area contributed by atoms with Gasteiger partial charge in [0.25, 0.3) is 0 Å². The van der Waals surface area contributed by atoms with Crippen LogP contribution in [0.4, 0.5) is 10.1 Å². The molecule has 0 heterocycles. The molecular formula is C32H37Cl2FN4O4S. The van der Waals surface area contributed by atoms with Gasteiger partial charge in [-0.25, -0.2) is 8.70 Å². The molecule has 0 bridgehead atoms. The normalized spacial score (nSPS) is 14.7. The van der Waals surface area contributed by atoms with Crippen molar-refractivity contribution in [2.24, 2.45) is 0 Å². The van der Waals surface area contributed by atoms with Gasteiger partial charge in [-0.3, -0.25) is 9.59 Å². The Hall–Kier alpha value is -3.18. The van der Waals surface area contributed by atoms with E-state index in [0.717, 1.165) is 48.0 Å². The highest BCUT2D eigenvalue weighted by atomic mass is 35.5. The van der Waals surface area contributed by atoms with Crippen LogP contribution in [0.5, 0.6) is 0 Å². The summed E-state index contributed by atoms with van der Waals surface area (Å²) < 4.78 is 43.6. The van der Waals surface area contributed by atoms with Crippen molar-refractivity contribution >= 4 is 50.9 Å². The summed E-state index contributed by atoms with van der Waals surface area (Å²) in [6, 6.07) is 18.4. The highest BCUT2D eigenvalue weighted by Crippen LogP contribution is 2.29. The Morgan fingerprint density at radius 2 is 1.52 bits per heavy atom. The second-order valence-electron chi connectivity index (χ2n) is 11.0. The van der Waals surface area contributed by atoms with Crippen molar-refractivity contribution in [2.45, 2.75) is 57.2 Å². The number of carbonyl (C=O) groups is 2. The molecule has 4 rings (SSSR count). The maximum Gasteiger partial charge on any atom is 0.304 e. The van der Waals surface area contributed by atoms with Crippen LogP contribution in [0.25, 0.3) is 0 Å². The molecule has 12 heteroatoms. The van der Waals surface area contributed by atoms with Crippen LogP contribution in [0.2, 0.25) is 10.0 Å². The maximum atomic E-state index is 15.0. The number of hydrogen-bond acceptors (Lipinski definition) is 4. The molecule has 3 aromatic rings. The first-order chi connectivity index (χ1) is 21.0. The highest BCUT2D eigenvalue weighted by Gasteiger charge is 2.36. The first kappa shape index (κ1) is 33.7. The number of carbonyl (C=O) groups excluding carboxylic acids is 2. The number of hydrogen-bond donors (Lipinski definition) is 1. The van der Waals surface area contributed by atoms with Crippen LogP contribution in [0, 0.1) is 5.82 Å². The minimum atomic E-state index is -4.33. The summed E-state index contributed by atoms with van der Waals surface area (Å²) >= 11 is 13.1. The van der Waals surface area contributed by atoms with Gasteiger partial charge in [-0.05, 0) is 42.7 Å². The van der Waals surface area contributed by atoms with Gasteiger partial charge < -0.3 is 10.2 Å². The van der Waals surface area contributed by atoms with Crippen molar-refractivity contribution in [1.82, 2.24) is 14.5 Å². The van der Waals surface area contributed by atoms with Gasteiger partial charge in [0.15, 0.2) is 0 Å². The van der Waals surface area contributed by atoms with E-state index >= 15 is 4.39 Å². The van der Waals surface area contributed by atoms with Crippen LogP contribution >= 0.6 is 23.2 Å². The fraction of sp³-hybridized carbons (Fsp3) is 0.375. The summed E-state index contributed by atoms with van der Waals surface area (Å²) in [7, 11) is -1.74. The summed E-state index contributed by atoms with van der Waals surface area (Å²) in [6.45, 7) is -0.953. The fourth-order valence-electron chi connectivity index (χ4n) is 5.31. The van der Waals surface area contributed by atoms with Crippen LogP contribution in [0.15, 0.2) is 72.8 Å². The fourth-order valence-corrected chi connectivity index (χ4v) is 6.89. The first-order valence-electron chi connectivity index (χ1n) is 14.5. The predicted molar refractivity (Wildman–Crippen MR) is 172 cm³/mol. The van der Waals surface area contributed by atoms with Crippen molar-refractivity contribution in [3.05, 3.63) is 99.8 Å². The molecule has 0 unspecified atom stereocenters. The zero-order chi connectivity index (χ0) is 31.9. The van der Waals surface area contributed by atoms with Crippen molar-refractivity contribution < 1.29 is 22.4 Å². The van der Waals surface area contributed by atoms with Gasteiger partial charge in [0.2, 0.25) is 11.8 Å². The lowest BCUT2D eigenvalue weighted by molar-refractivity contribution is -0.140. The van der Waals surface area contributed by atoms with Gasteiger partial charge in [-0.15, -0.1) is 0 Å². The molecule has 1 aliphatic rings. The molecule has 8 nitrogen and oxygen atoms in total. The molecule has 44 heavy (non-hydrogen) atoms. The van der Waals surface area contributed by atoms with Crippen molar-refractivity contribution in [3.63, 3.8) is 0 Å². The van der Waals surface area contributed by atoms with E-state index in [4.69, 9.17) is 23.2 Å². The molecule has 0 spiro atoms. The monoisotopic (exact) mass is 662 g/mol. The Morgan fingerprint density at radius 3 is 2.14 bits per heavy atom. The van der Waals surface area contributed by atoms with E-state index in [1.807, 2.05) is 30.3 Å². The van der Waals surface area contributed by atoms with Gasteiger partial charge in [0.05, 0.1) is 5.69 Å². The van der Waals surface area contributed by atoms with Crippen LogP contribution in [-0.2, 0) is 32.8 Å². The number of nitrogens with zero attached hydrogens (tertiary/aromatic N) is 3. The van der Waals surface area contributed by atoms with Gasteiger partial charge >= 0.3 is 10.2 Å². The molecule has 0 aliphatic heterocycles. The average molecular weight is 664 g/mol. The van der Waals surface area contributed by atoms with Crippen molar-refractivity contribution in [1.29, 1.82) is 0 Å². The average Bonchev–Trinajstić information content (AvgIpc) is 3.00. The molecule has 1 N–H and O–H groups in total. The molecule has 236 valence electrons. The van der Waals surface area contributed by atoms with Gasteiger partial charge in [-0.2, -0.15) is 12.7 Å². The third-order valence-electron chi connectivity index (χ3n) is 7.75. The Morgan fingerprint density at radius 1 is 0.909 bits per heavy atom. The Kier molecular flexibility index (Phi) is 11.6. The molecule has 1 aliphatic carbocycles. The van der Waals surface area contributed by atoms with E-state index in [-0.39, 0.29) is 40.6 Å². The molecule has 0 radical (unpaired) electrons. The summed E-state index contributed by atoms with van der Waals surface area (Å²) in [5.74, 6) is -1.91. The SMILES string of the molecule is CN(C)S(=O)(=O)N(CC(=O)N(Cc1c(Cl)cccc1Cl)[C@@H](Cc1ccccc1)C(=O)NC1CCCCC1)c1ccccc1F.